The van der Waals surface area contributed by atoms with Gasteiger partial charge in [-0.2, -0.15) is 13.2 Å². The molecule has 2 aromatic carbocycles. The number of halogens is 3. The highest BCUT2D eigenvalue weighted by Crippen LogP contribution is 2.34. The predicted octanol–water partition coefficient (Wildman–Crippen LogP) is 5.24. The zero-order valence-electron chi connectivity index (χ0n) is 14.2. The number of carboxylic acids is 1. The molecule has 2 heterocycles. The van der Waals surface area contributed by atoms with E-state index < -0.39 is 17.7 Å². The Balaban J connectivity index is 1.89. The Labute approximate surface area is 156 Å². The minimum atomic E-state index is -4.46. The van der Waals surface area contributed by atoms with Gasteiger partial charge < -0.3 is 10.4 Å². The molecule has 140 valence electrons. The lowest BCUT2D eigenvalue weighted by atomic mass is 10.1. The van der Waals surface area contributed by atoms with Gasteiger partial charge in [-0.1, -0.05) is 12.1 Å². The number of hydrogen-bond donors (Lipinski definition) is 2. The van der Waals surface area contributed by atoms with Crippen molar-refractivity contribution in [3.63, 3.8) is 0 Å². The molecule has 0 radical (unpaired) electrons. The molecule has 8 heteroatoms. The first-order chi connectivity index (χ1) is 13.3. The molecule has 0 aliphatic carbocycles. The number of fused-ring (bicyclic) bond motifs is 3. The van der Waals surface area contributed by atoms with Crippen LogP contribution in [-0.2, 0) is 6.18 Å². The molecule has 0 bridgehead atoms. The van der Waals surface area contributed by atoms with Crippen LogP contribution in [0.3, 0.4) is 0 Å². The van der Waals surface area contributed by atoms with Crippen molar-refractivity contribution in [2.45, 2.75) is 6.18 Å². The molecule has 4 aromatic rings. The summed E-state index contributed by atoms with van der Waals surface area (Å²) in [4.78, 5) is 19.8. The highest BCUT2D eigenvalue weighted by Gasteiger charge is 2.30. The van der Waals surface area contributed by atoms with E-state index in [4.69, 9.17) is 0 Å². The van der Waals surface area contributed by atoms with Crippen LogP contribution in [0.5, 0.6) is 0 Å². The quantitative estimate of drug-likeness (QED) is 0.473. The Morgan fingerprint density at radius 3 is 2.57 bits per heavy atom. The average molecular weight is 383 g/mol. The normalized spacial score (nSPS) is 11.7. The van der Waals surface area contributed by atoms with Gasteiger partial charge in [0.15, 0.2) is 0 Å². The van der Waals surface area contributed by atoms with Gasteiger partial charge in [0.1, 0.15) is 5.82 Å². The van der Waals surface area contributed by atoms with Crippen LogP contribution in [-0.4, -0.2) is 21.0 Å². The Bertz CT molecular complexity index is 1220. The maximum Gasteiger partial charge on any atom is 0.416 e. The average Bonchev–Trinajstić information content (AvgIpc) is 2.67. The molecule has 0 spiro atoms. The van der Waals surface area contributed by atoms with Gasteiger partial charge in [-0.3, -0.25) is 4.98 Å². The summed E-state index contributed by atoms with van der Waals surface area (Å²) in [6, 6.07) is 11.0. The van der Waals surface area contributed by atoms with Gasteiger partial charge >= 0.3 is 12.1 Å². The number of alkyl halides is 3. The summed E-state index contributed by atoms with van der Waals surface area (Å²) >= 11 is 0. The summed E-state index contributed by atoms with van der Waals surface area (Å²) < 4.78 is 38.9. The number of benzene rings is 2. The van der Waals surface area contributed by atoms with Crippen LogP contribution in [0.1, 0.15) is 15.9 Å². The van der Waals surface area contributed by atoms with Gasteiger partial charge in [0.05, 0.1) is 16.6 Å². The number of anilines is 2. The topological polar surface area (TPSA) is 75.1 Å². The van der Waals surface area contributed by atoms with Crippen LogP contribution in [0.4, 0.5) is 24.7 Å². The van der Waals surface area contributed by atoms with E-state index in [-0.39, 0.29) is 11.3 Å². The monoisotopic (exact) mass is 383 g/mol. The highest BCUT2D eigenvalue weighted by molar-refractivity contribution is 6.11. The van der Waals surface area contributed by atoms with Crippen molar-refractivity contribution in [3.8, 4) is 0 Å². The van der Waals surface area contributed by atoms with Gasteiger partial charge in [-0.25, -0.2) is 9.78 Å². The van der Waals surface area contributed by atoms with Crippen molar-refractivity contribution >= 4 is 39.1 Å². The SMILES string of the molecule is O=C(O)c1ccc2c(c1)nc(Nc1cccc(C(F)(F)F)c1)c1ccncc12. The van der Waals surface area contributed by atoms with Gasteiger partial charge in [0, 0.05) is 34.2 Å². The van der Waals surface area contributed by atoms with Crippen LogP contribution in [0, 0.1) is 0 Å². The lowest BCUT2D eigenvalue weighted by Gasteiger charge is -2.13. The zero-order chi connectivity index (χ0) is 19.9. The van der Waals surface area contributed by atoms with Crippen LogP contribution in [0.15, 0.2) is 60.9 Å². The maximum absolute atomic E-state index is 13.0. The van der Waals surface area contributed by atoms with E-state index in [2.05, 4.69) is 15.3 Å². The Morgan fingerprint density at radius 2 is 1.82 bits per heavy atom. The molecule has 0 unspecified atom stereocenters. The third kappa shape index (κ3) is 3.20. The first-order valence-corrected chi connectivity index (χ1v) is 8.18. The second kappa shape index (κ2) is 6.49. The summed E-state index contributed by atoms with van der Waals surface area (Å²) in [5.74, 6) is -0.783. The molecule has 0 aliphatic rings. The summed E-state index contributed by atoms with van der Waals surface area (Å²) in [5, 5.41) is 14.2. The smallest absolute Gasteiger partial charge is 0.416 e. The van der Waals surface area contributed by atoms with Crippen LogP contribution < -0.4 is 5.32 Å². The van der Waals surface area contributed by atoms with Gasteiger partial charge in [0.25, 0.3) is 0 Å². The van der Waals surface area contributed by atoms with E-state index >= 15 is 0 Å². The molecule has 4 rings (SSSR count). The number of pyridine rings is 2. The highest BCUT2D eigenvalue weighted by atomic mass is 19.4. The molecule has 0 aliphatic heterocycles. The third-order valence-electron chi connectivity index (χ3n) is 4.30. The summed E-state index contributed by atoms with van der Waals surface area (Å²) in [6.07, 6.45) is -1.30. The number of aromatic nitrogens is 2. The van der Waals surface area contributed by atoms with Gasteiger partial charge in [-0.15, -0.1) is 0 Å². The second-order valence-corrected chi connectivity index (χ2v) is 6.12. The van der Waals surface area contributed by atoms with Gasteiger partial charge in [0.2, 0.25) is 0 Å². The van der Waals surface area contributed by atoms with Crippen molar-refractivity contribution < 1.29 is 23.1 Å². The molecule has 28 heavy (non-hydrogen) atoms. The number of carboxylic acid groups (broad SMARTS) is 1. The van der Waals surface area contributed by atoms with Crippen molar-refractivity contribution in [1.82, 2.24) is 9.97 Å². The van der Waals surface area contributed by atoms with E-state index in [1.54, 1.807) is 24.5 Å². The molecule has 0 saturated carbocycles. The molecular weight excluding hydrogens is 371 g/mol. The minimum Gasteiger partial charge on any atom is -0.478 e. The Morgan fingerprint density at radius 1 is 1.00 bits per heavy atom. The van der Waals surface area contributed by atoms with E-state index in [0.29, 0.717) is 27.5 Å². The summed E-state index contributed by atoms with van der Waals surface area (Å²) in [5.41, 5.74) is -0.102. The summed E-state index contributed by atoms with van der Waals surface area (Å²) in [7, 11) is 0. The fraction of sp³-hybridized carbons (Fsp3) is 0.0500. The minimum absolute atomic E-state index is 0.0632. The first-order valence-electron chi connectivity index (χ1n) is 8.18. The van der Waals surface area contributed by atoms with Crippen LogP contribution in [0.25, 0.3) is 21.7 Å². The molecule has 0 saturated heterocycles. The van der Waals surface area contributed by atoms with Crippen molar-refractivity contribution in [2.24, 2.45) is 0 Å². The second-order valence-electron chi connectivity index (χ2n) is 6.12. The molecule has 0 atom stereocenters. The van der Waals surface area contributed by atoms with E-state index in [1.165, 1.54) is 24.3 Å². The number of rotatable bonds is 3. The van der Waals surface area contributed by atoms with E-state index in [9.17, 15) is 23.1 Å². The predicted molar refractivity (Wildman–Crippen MR) is 98.7 cm³/mol. The van der Waals surface area contributed by atoms with Gasteiger partial charge in [-0.05, 0) is 36.4 Å². The van der Waals surface area contributed by atoms with Crippen molar-refractivity contribution in [2.75, 3.05) is 5.32 Å². The third-order valence-corrected chi connectivity index (χ3v) is 4.30. The first kappa shape index (κ1) is 17.7. The molecular formula is C20H12F3N3O2. The van der Waals surface area contributed by atoms with Crippen LogP contribution in [0.2, 0.25) is 0 Å². The number of nitrogens with zero attached hydrogens (tertiary/aromatic N) is 2. The summed E-state index contributed by atoms with van der Waals surface area (Å²) in [6.45, 7) is 0. The molecule has 0 amide bonds. The van der Waals surface area contributed by atoms with E-state index in [0.717, 1.165) is 12.1 Å². The lowest BCUT2D eigenvalue weighted by molar-refractivity contribution is -0.137. The Hall–Kier alpha value is -3.68. The zero-order valence-corrected chi connectivity index (χ0v) is 14.2. The number of aromatic carboxylic acids is 1. The van der Waals surface area contributed by atoms with Crippen molar-refractivity contribution in [3.05, 3.63) is 72.1 Å². The molecule has 2 aromatic heterocycles. The molecule has 0 fully saturated rings. The number of nitrogens with one attached hydrogen (secondary N) is 1. The molecule has 5 nitrogen and oxygen atoms in total. The fourth-order valence-corrected chi connectivity index (χ4v) is 2.99. The lowest BCUT2D eigenvalue weighted by Crippen LogP contribution is -2.05. The maximum atomic E-state index is 13.0. The fourth-order valence-electron chi connectivity index (χ4n) is 2.99. The van der Waals surface area contributed by atoms with Crippen LogP contribution >= 0.6 is 0 Å². The number of hydrogen-bond acceptors (Lipinski definition) is 4. The largest absolute Gasteiger partial charge is 0.478 e. The van der Waals surface area contributed by atoms with Crippen molar-refractivity contribution in [1.29, 1.82) is 0 Å². The van der Waals surface area contributed by atoms with E-state index in [1.807, 2.05) is 0 Å². The number of carbonyl (C=O) groups is 1. The standard InChI is InChI=1S/C20H12F3N3O2/c21-20(22,23)12-2-1-3-13(9-12)25-18-15-6-7-24-10-16(15)14-5-4-11(19(27)28)8-17(14)26-18/h1-10H,(H,25,26)(H,27,28). The Kier molecular flexibility index (Phi) is 4.11. The molecule has 2 N–H and O–H groups in total.